The largest absolute Gasteiger partial charge is 0.368 e. The molecule has 184 valence electrons. The van der Waals surface area contributed by atoms with E-state index in [4.69, 9.17) is 11.6 Å². The van der Waals surface area contributed by atoms with Gasteiger partial charge < -0.3 is 15.5 Å². The molecule has 0 atom stereocenters. The maximum Gasteiger partial charge on any atom is 0.326 e. The summed E-state index contributed by atoms with van der Waals surface area (Å²) in [5.74, 6) is 0. The van der Waals surface area contributed by atoms with Crippen LogP contribution in [0.3, 0.4) is 0 Å². The third-order valence-corrected chi connectivity index (χ3v) is 7.21. The number of pyridine rings is 1. The van der Waals surface area contributed by atoms with Gasteiger partial charge in [0.15, 0.2) is 0 Å². The van der Waals surface area contributed by atoms with Crippen LogP contribution < -0.4 is 20.4 Å². The van der Waals surface area contributed by atoms with Crippen LogP contribution >= 0.6 is 24.0 Å². The maximum absolute atomic E-state index is 13.5. The normalized spacial score (nSPS) is 14.9. The van der Waals surface area contributed by atoms with Gasteiger partial charge in [-0.15, -0.1) is 12.4 Å². The molecule has 3 aromatic carbocycles. The Morgan fingerprint density at radius 1 is 0.917 bits per heavy atom. The van der Waals surface area contributed by atoms with Gasteiger partial charge in [0.25, 0.3) is 0 Å². The van der Waals surface area contributed by atoms with E-state index in [0.29, 0.717) is 6.54 Å². The van der Waals surface area contributed by atoms with Gasteiger partial charge in [-0.1, -0.05) is 41.9 Å². The molecular formula is C28H27Cl2N5O. The summed E-state index contributed by atoms with van der Waals surface area (Å²) in [6.45, 7) is 4.30. The van der Waals surface area contributed by atoms with Crippen LogP contribution in [-0.2, 0) is 6.42 Å². The summed E-state index contributed by atoms with van der Waals surface area (Å²) in [6.07, 6.45) is 4.39. The van der Waals surface area contributed by atoms with Crippen LogP contribution in [-0.4, -0.2) is 43.7 Å². The second-order valence-electron chi connectivity index (χ2n) is 8.94. The number of piperazine rings is 1. The number of aromatic nitrogens is 1. The third kappa shape index (κ3) is 4.48. The van der Waals surface area contributed by atoms with Crippen molar-refractivity contribution in [1.29, 1.82) is 0 Å². The number of amides is 2. The van der Waals surface area contributed by atoms with Crippen molar-refractivity contribution in [3.63, 3.8) is 0 Å². The topological polar surface area (TPSA) is 60.5 Å². The van der Waals surface area contributed by atoms with E-state index >= 15 is 0 Å². The fraction of sp³-hybridized carbons (Fsp3) is 0.214. The van der Waals surface area contributed by atoms with Gasteiger partial charge in [-0.3, -0.25) is 9.88 Å². The van der Waals surface area contributed by atoms with E-state index in [-0.39, 0.29) is 18.4 Å². The molecule has 1 aromatic heterocycles. The number of carbonyl (C=O) groups excluding carboxylic acids is 1. The number of nitrogens with zero attached hydrogens (tertiary/aromatic N) is 3. The van der Waals surface area contributed by atoms with Crippen LogP contribution in [0, 0.1) is 0 Å². The Balaban J connectivity index is 0.00000267. The van der Waals surface area contributed by atoms with Crippen LogP contribution in [0.15, 0.2) is 73.1 Å². The predicted molar refractivity (Wildman–Crippen MR) is 151 cm³/mol. The molecule has 8 heteroatoms. The van der Waals surface area contributed by atoms with Gasteiger partial charge >= 0.3 is 6.03 Å². The van der Waals surface area contributed by atoms with Gasteiger partial charge in [-0.2, -0.15) is 0 Å². The van der Waals surface area contributed by atoms with E-state index in [9.17, 15) is 4.79 Å². The Kier molecular flexibility index (Phi) is 7.01. The monoisotopic (exact) mass is 519 g/mol. The second-order valence-corrected chi connectivity index (χ2v) is 9.35. The SMILES string of the molecule is Cl.O=C(Nc1ccc(-c2ccncc2)c2ccccc12)N1CCc2cc(Cl)c(N3CCNCC3)cc21. The van der Waals surface area contributed by atoms with Crippen LogP contribution in [0.1, 0.15) is 5.56 Å². The molecule has 0 aliphatic carbocycles. The Hall–Kier alpha value is -3.32. The highest BCUT2D eigenvalue weighted by Crippen LogP contribution is 2.39. The summed E-state index contributed by atoms with van der Waals surface area (Å²) in [6, 6.07) is 20.2. The Morgan fingerprint density at radius 2 is 1.67 bits per heavy atom. The van der Waals surface area contributed by atoms with E-state index in [1.165, 1.54) is 0 Å². The Morgan fingerprint density at radius 3 is 2.44 bits per heavy atom. The van der Waals surface area contributed by atoms with Crippen molar-refractivity contribution in [1.82, 2.24) is 10.3 Å². The highest BCUT2D eigenvalue weighted by Gasteiger charge is 2.28. The maximum atomic E-state index is 13.5. The standard InChI is InChI=1S/C28H26ClN5O.ClH/c29-24-17-20-9-14-34(26(20)18-27(24)33-15-12-31-13-16-33)28(35)32-25-6-5-21(19-7-10-30-11-8-19)22-3-1-2-4-23(22)25;/h1-8,10-11,17-18,31H,9,12-16H2,(H,32,35);1H. The number of nitrogens with one attached hydrogen (secondary N) is 2. The molecule has 1 fully saturated rings. The predicted octanol–water partition coefficient (Wildman–Crippen LogP) is 5.98. The van der Waals surface area contributed by atoms with Crippen molar-refractivity contribution in [3.05, 3.63) is 83.6 Å². The first-order valence-electron chi connectivity index (χ1n) is 12.0. The lowest BCUT2D eigenvalue weighted by Gasteiger charge is -2.31. The molecule has 0 unspecified atom stereocenters. The molecule has 6 rings (SSSR count). The number of fused-ring (bicyclic) bond motifs is 2. The molecule has 0 saturated carbocycles. The highest BCUT2D eigenvalue weighted by molar-refractivity contribution is 6.33. The van der Waals surface area contributed by atoms with Gasteiger partial charge in [0.05, 0.1) is 22.1 Å². The summed E-state index contributed by atoms with van der Waals surface area (Å²) >= 11 is 6.64. The molecule has 2 aliphatic rings. The first-order chi connectivity index (χ1) is 17.2. The number of hydrogen-bond donors (Lipinski definition) is 2. The molecule has 6 nitrogen and oxygen atoms in total. The van der Waals surface area contributed by atoms with Crippen molar-refractivity contribution >= 4 is 57.9 Å². The summed E-state index contributed by atoms with van der Waals surface area (Å²) in [4.78, 5) is 21.8. The quantitative estimate of drug-likeness (QED) is 0.349. The molecule has 3 heterocycles. The van der Waals surface area contributed by atoms with E-state index < -0.39 is 0 Å². The highest BCUT2D eigenvalue weighted by atomic mass is 35.5. The fourth-order valence-corrected chi connectivity index (χ4v) is 5.43. The number of halogens is 2. The van der Waals surface area contributed by atoms with Crippen LogP contribution in [0.5, 0.6) is 0 Å². The van der Waals surface area contributed by atoms with E-state index in [1.807, 2.05) is 41.3 Å². The van der Waals surface area contributed by atoms with Crippen molar-refractivity contribution < 1.29 is 4.79 Å². The molecule has 2 aliphatic heterocycles. The molecule has 2 amide bonds. The molecule has 0 bridgehead atoms. The number of urea groups is 1. The van der Waals surface area contributed by atoms with E-state index in [0.717, 1.165) is 82.1 Å². The lowest BCUT2D eigenvalue weighted by Crippen LogP contribution is -2.43. The number of rotatable bonds is 3. The molecule has 36 heavy (non-hydrogen) atoms. The number of benzene rings is 3. The van der Waals surface area contributed by atoms with Crippen LogP contribution in [0.4, 0.5) is 21.9 Å². The lowest BCUT2D eigenvalue weighted by molar-refractivity contribution is 0.257. The Labute approximate surface area is 221 Å². The van der Waals surface area contributed by atoms with Crippen molar-refractivity contribution in [2.24, 2.45) is 0 Å². The van der Waals surface area contributed by atoms with E-state index in [2.05, 4.69) is 44.8 Å². The van der Waals surface area contributed by atoms with E-state index in [1.54, 1.807) is 12.4 Å². The number of carbonyl (C=O) groups is 1. The molecular weight excluding hydrogens is 493 g/mol. The zero-order chi connectivity index (χ0) is 23.8. The second kappa shape index (κ2) is 10.3. The summed E-state index contributed by atoms with van der Waals surface area (Å²) in [5.41, 5.74) is 6.06. The molecule has 4 aromatic rings. The molecule has 0 radical (unpaired) electrons. The average molecular weight is 520 g/mol. The smallest absolute Gasteiger partial charge is 0.326 e. The number of anilines is 3. The minimum Gasteiger partial charge on any atom is -0.368 e. The summed E-state index contributed by atoms with van der Waals surface area (Å²) < 4.78 is 0. The van der Waals surface area contributed by atoms with Crippen LogP contribution in [0.25, 0.3) is 21.9 Å². The van der Waals surface area contributed by atoms with Gasteiger partial charge in [-0.25, -0.2) is 4.79 Å². The van der Waals surface area contributed by atoms with Gasteiger partial charge in [0.1, 0.15) is 0 Å². The first-order valence-corrected chi connectivity index (χ1v) is 12.4. The zero-order valence-electron chi connectivity index (χ0n) is 19.7. The van der Waals surface area contributed by atoms with Crippen molar-refractivity contribution in [3.8, 4) is 11.1 Å². The zero-order valence-corrected chi connectivity index (χ0v) is 21.3. The fourth-order valence-electron chi connectivity index (χ4n) is 5.13. The number of hydrogen-bond acceptors (Lipinski definition) is 4. The average Bonchev–Trinajstić information content (AvgIpc) is 3.32. The summed E-state index contributed by atoms with van der Waals surface area (Å²) in [5, 5.41) is 9.41. The molecule has 0 spiro atoms. The minimum atomic E-state index is -0.126. The van der Waals surface area contributed by atoms with Crippen LogP contribution in [0.2, 0.25) is 5.02 Å². The van der Waals surface area contributed by atoms with Crippen molar-refractivity contribution in [2.45, 2.75) is 6.42 Å². The van der Waals surface area contributed by atoms with Crippen molar-refractivity contribution in [2.75, 3.05) is 47.8 Å². The Bertz CT molecular complexity index is 1410. The molecule has 1 saturated heterocycles. The van der Waals surface area contributed by atoms with Gasteiger partial charge in [-0.05, 0) is 58.8 Å². The molecule has 2 N–H and O–H groups in total. The van der Waals surface area contributed by atoms with Gasteiger partial charge in [0.2, 0.25) is 0 Å². The third-order valence-electron chi connectivity index (χ3n) is 6.90. The minimum absolute atomic E-state index is 0. The lowest BCUT2D eigenvalue weighted by atomic mass is 9.98. The summed E-state index contributed by atoms with van der Waals surface area (Å²) in [7, 11) is 0. The first kappa shape index (κ1) is 24.4. The van der Waals surface area contributed by atoms with Gasteiger partial charge in [0, 0.05) is 50.5 Å².